The third-order valence-corrected chi connectivity index (χ3v) is 2.46. The van der Waals surface area contributed by atoms with E-state index in [2.05, 4.69) is 10.3 Å². The Morgan fingerprint density at radius 3 is 3.00 bits per heavy atom. The Hall–Kier alpha value is -2.64. The van der Waals surface area contributed by atoms with E-state index in [0.717, 1.165) is 0 Å². The van der Waals surface area contributed by atoms with Gasteiger partial charge in [0.1, 0.15) is 5.52 Å². The minimum atomic E-state index is -0.509. The summed E-state index contributed by atoms with van der Waals surface area (Å²) >= 11 is 0. The molecule has 1 unspecified atom stereocenters. The Balaban J connectivity index is 2.21. The van der Waals surface area contributed by atoms with Crippen LogP contribution in [0.5, 0.6) is 0 Å². The molecule has 0 saturated carbocycles. The van der Waals surface area contributed by atoms with Gasteiger partial charge in [-0.1, -0.05) is 0 Å². The maximum Gasteiger partial charge on any atom is 0.295 e. The van der Waals surface area contributed by atoms with E-state index in [1.165, 1.54) is 18.2 Å². The molecule has 2 aromatic rings. The average Bonchev–Trinajstić information content (AvgIpc) is 2.68. The summed E-state index contributed by atoms with van der Waals surface area (Å²) in [5, 5.41) is 13.5. The van der Waals surface area contributed by atoms with E-state index in [-0.39, 0.29) is 24.2 Å². The monoisotopic (exact) mass is 264 g/mol. The van der Waals surface area contributed by atoms with Crippen molar-refractivity contribution >= 4 is 28.7 Å². The molecule has 0 spiro atoms. The fourth-order valence-corrected chi connectivity index (χ4v) is 1.65. The number of nitro groups is 1. The van der Waals surface area contributed by atoms with E-state index in [0.29, 0.717) is 11.1 Å². The number of nitrogens with one attached hydrogen (secondary N) is 1. The highest BCUT2D eigenvalue weighted by Gasteiger charge is 2.13. The van der Waals surface area contributed by atoms with Gasteiger partial charge in [0.15, 0.2) is 5.58 Å². The van der Waals surface area contributed by atoms with Crippen LogP contribution in [0, 0.1) is 10.1 Å². The van der Waals surface area contributed by atoms with Crippen LogP contribution >= 0.6 is 0 Å². The SMILES string of the molecule is CC(CC(N)=O)Nc1nc2ccc([N+](=O)[O-])cc2o1. The second kappa shape index (κ2) is 4.92. The largest absolute Gasteiger partial charge is 0.423 e. The van der Waals surface area contributed by atoms with Crippen LogP contribution in [0.4, 0.5) is 11.7 Å². The maximum atomic E-state index is 10.7. The summed E-state index contributed by atoms with van der Waals surface area (Å²) in [5.41, 5.74) is 5.81. The van der Waals surface area contributed by atoms with E-state index in [4.69, 9.17) is 10.2 Å². The Kier molecular flexibility index (Phi) is 3.32. The number of anilines is 1. The van der Waals surface area contributed by atoms with Crippen molar-refractivity contribution in [2.24, 2.45) is 5.73 Å². The number of hydrogen-bond donors (Lipinski definition) is 2. The highest BCUT2D eigenvalue weighted by atomic mass is 16.6. The number of nitro benzene ring substituents is 1. The number of carbonyl (C=O) groups is 1. The lowest BCUT2D eigenvalue weighted by atomic mass is 10.2. The van der Waals surface area contributed by atoms with Gasteiger partial charge in [-0.2, -0.15) is 4.98 Å². The first-order chi connectivity index (χ1) is 8.95. The summed E-state index contributed by atoms with van der Waals surface area (Å²) in [5.74, 6) is -0.438. The number of aromatic nitrogens is 1. The highest BCUT2D eigenvalue weighted by molar-refractivity contribution is 5.77. The molecule has 0 radical (unpaired) electrons. The van der Waals surface area contributed by atoms with Crippen LogP contribution < -0.4 is 11.1 Å². The molecular formula is C11H12N4O4. The predicted octanol–water partition coefficient (Wildman–Crippen LogP) is 1.41. The molecule has 0 aliphatic rings. The second-order valence-electron chi connectivity index (χ2n) is 4.14. The van der Waals surface area contributed by atoms with E-state index < -0.39 is 10.8 Å². The zero-order valence-corrected chi connectivity index (χ0v) is 10.1. The number of carbonyl (C=O) groups excluding carboxylic acids is 1. The van der Waals surface area contributed by atoms with Gasteiger partial charge < -0.3 is 15.5 Å². The van der Waals surface area contributed by atoms with Crippen molar-refractivity contribution in [3.05, 3.63) is 28.3 Å². The van der Waals surface area contributed by atoms with Crippen molar-refractivity contribution in [2.75, 3.05) is 5.32 Å². The number of nitrogens with two attached hydrogens (primary N) is 1. The standard InChI is InChI=1S/C11H12N4O4/c1-6(4-10(12)16)13-11-14-8-3-2-7(15(17)18)5-9(8)19-11/h2-3,5-6H,4H2,1H3,(H2,12,16)(H,13,14). The summed E-state index contributed by atoms with van der Waals surface area (Å²) < 4.78 is 5.33. The van der Waals surface area contributed by atoms with Gasteiger partial charge in [-0.3, -0.25) is 14.9 Å². The van der Waals surface area contributed by atoms with E-state index in [9.17, 15) is 14.9 Å². The molecule has 1 heterocycles. The first-order valence-corrected chi connectivity index (χ1v) is 5.55. The van der Waals surface area contributed by atoms with Crippen LogP contribution in [-0.4, -0.2) is 21.9 Å². The van der Waals surface area contributed by atoms with E-state index in [1.54, 1.807) is 6.92 Å². The van der Waals surface area contributed by atoms with Crippen LogP contribution in [0.15, 0.2) is 22.6 Å². The number of non-ortho nitro benzene ring substituents is 1. The topological polar surface area (TPSA) is 124 Å². The van der Waals surface area contributed by atoms with Gasteiger partial charge in [-0.15, -0.1) is 0 Å². The van der Waals surface area contributed by atoms with Gasteiger partial charge in [-0.05, 0) is 13.0 Å². The normalized spacial score (nSPS) is 12.3. The molecule has 0 bridgehead atoms. The molecule has 1 amide bonds. The summed E-state index contributed by atoms with van der Waals surface area (Å²) in [7, 11) is 0. The molecule has 0 saturated heterocycles. The molecule has 0 fully saturated rings. The van der Waals surface area contributed by atoms with E-state index >= 15 is 0 Å². The smallest absolute Gasteiger partial charge is 0.295 e. The van der Waals surface area contributed by atoms with Gasteiger partial charge in [-0.25, -0.2) is 0 Å². The number of amides is 1. The number of rotatable bonds is 5. The summed E-state index contributed by atoms with van der Waals surface area (Å²) in [6.45, 7) is 1.75. The fraction of sp³-hybridized carbons (Fsp3) is 0.273. The number of oxazole rings is 1. The molecular weight excluding hydrogens is 252 g/mol. The molecule has 1 aromatic heterocycles. The van der Waals surface area contributed by atoms with E-state index in [1.807, 2.05) is 0 Å². The second-order valence-corrected chi connectivity index (χ2v) is 4.14. The Morgan fingerprint density at radius 1 is 1.63 bits per heavy atom. The zero-order chi connectivity index (χ0) is 14.0. The summed E-state index contributed by atoms with van der Waals surface area (Å²) in [6.07, 6.45) is 0.138. The minimum absolute atomic E-state index is 0.0691. The minimum Gasteiger partial charge on any atom is -0.423 e. The predicted molar refractivity (Wildman–Crippen MR) is 67.6 cm³/mol. The van der Waals surface area contributed by atoms with Crippen LogP contribution in [0.25, 0.3) is 11.1 Å². The molecule has 19 heavy (non-hydrogen) atoms. The Labute approximate surface area is 107 Å². The Bertz CT molecular complexity index is 637. The molecule has 1 aromatic carbocycles. The van der Waals surface area contributed by atoms with Gasteiger partial charge in [0, 0.05) is 18.5 Å². The number of hydrogen-bond acceptors (Lipinski definition) is 6. The van der Waals surface area contributed by atoms with Crippen LogP contribution in [0.2, 0.25) is 0 Å². The first kappa shape index (κ1) is 12.8. The highest BCUT2D eigenvalue weighted by Crippen LogP contribution is 2.24. The average molecular weight is 264 g/mol. The van der Waals surface area contributed by atoms with Crippen molar-refractivity contribution in [3.63, 3.8) is 0 Å². The quantitative estimate of drug-likeness (QED) is 0.621. The summed E-state index contributed by atoms with van der Waals surface area (Å²) in [4.78, 5) is 25.0. The third kappa shape index (κ3) is 2.97. The van der Waals surface area contributed by atoms with Crippen molar-refractivity contribution in [3.8, 4) is 0 Å². The molecule has 0 aliphatic carbocycles. The molecule has 0 aliphatic heterocycles. The van der Waals surface area contributed by atoms with Crippen molar-refractivity contribution in [2.45, 2.75) is 19.4 Å². The van der Waals surface area contributed by atoms with Crippen molar-refractivity contribution in [1.29, 1.82) is 0 Å². The molecule has 2 rings (SSSR count). The fourth-order valence-electron chi connectivity index (χ4n) is 1.65. The van der Waals surface area contributed by atoms with Crippen molar-refractivity contribution < 1.29 is 14.1 Å². The molecule has 8 nitrogen and oxygen atoms in total. The number of fused-ring (bicyclic) bond motifs is 1. The van der Waals surface area contributed by atoms with Gasteiger partial charge in [0.05, 0.1) is 11.0 Å². The molecule has 100 valence electrons. The molecule has 1 atom stereocenters. The number of benzene rings is 1. The van der Waals surface area contributed by atoms with Crippen LogP contribution in [-0.2, 0) is 4.79 Å². The lowest BCUT2D eigenvalue weighted by Gasteiger charge is -2.08. The number of nitrogens with zero attached hydrogens (tertiary/aromatic N) is 2. The van der Waals surface area contributed by atoms with Gasteiger partial charge >= 0.3 is 0 Å². The zero-order valence-electron chi connectivity index (χ0n) is 10.1. The lowest BCUT2D eigenvalue weighted by Crippen LogP contribution is -2.24. The van der Waals surface area contributed by atoms with Gasteiger partial charge in [0.2, 0.25) is 5.91 Å². The molecule has 3 N–H and O–H groups in total. The Morgan fingerprint density at radius 2 is 2.37 bits per heavy atom. The van der Waals surface area contributed by atoms with Crippen LogP contribution in [0.3, 0.4) is 0 Å². The lowest BCUT2D eigenvalue weighted by molar-refractivity contribution is -0.384. The maximum absolute atomic E-state index is 10.7. The number of primary amides is 1. The summed E-state index contributed by atoms with van der Waals surface area (Å²) in [6, 6.07) is 4.11. The van der Waals surface area contributed by atoms with Crippen LogP contribution in [0.1, 0.15) is 13.3 Å². The first-order valence-electron chi connectivity index (χ1n) is 5.55. The molecule has 8 heteroatoms. The van der Waals surface area contributed by atoms with Gasteiger partial charge in [0.25, 0.3) is 11.7 Å². The van der Waals surface area contributed by atoms with Crippen molar-refractivity contribution in [1.82, 2.24) is 4.98 Å². The third-order valence-electron chi connectivity index (χ3n) is 2.46.